The van der Waals surface area contributed by atoms with Gasteiger partial charge in [0.1, 0.15) is 5.03 Å². The third-order valence-electron chi connectivity index (χ3n) is 2.30. The molecule has 0 aliphatic carbocycles. The fraction of sp³-hybridized carbons (Fsp3) is 0.615. The fourth-order valence-corrected chi connectivity index (χ4v) is 2.65. The molecule has 0 unspecified atom stereocenters. The molecule has 1 saturated heterocycles. The van der Waals surface area contributed by atoms with Gasteiger partial charge in [0.15, 0.2) is 0 Å². The van der Waals surface area contributed by atoms with Crippen LogP contribution in [0.2, 0.25) is 0 Å². The minimum atomic E-state index is -0.0245. The highest BCUT2D eigenvalue weighted by atomic mass is 32.2. The van der Waals surface area contributed by atoms with Crippen LogP contribution >= 0.6 is 11.8 Å². The first-order valence-corrected chi connectivity index (χ1v) is 7.09. The Balaban J connectivity index is 2.65. The Hall–Kier alpha value is -1.19. The van der Waals surface area contributed by atoms with E-state index in [0.717, 1.165) is 5.03 Å². The molecule has 2 amide bonds. The molecule has 1 fully saturated rings. The van der Waals surface area contributed by atoms with Gasteiger partial charge in [-0.2, -0.15) is 0 Å². The minimum Gasteiger partial charge on any atom is -0.354 e. The van der Waals surface area contributed by atoms with E-state index in [4.69, 9.17) is 0 Å². The van der Waals surface area contributed by atoms with Crippen LogP contribution in [0.4, 0.5) is 0 Å². The maximum Gasteiger partial charge on any atom is 0.238 e. The number of carbonyl (C=O) groups is 2. The SMILES string of the molecule is CC(C)NC(=O)CC=C=C1SCC(=O)N1C(C)C. The third-order valence-corrected chi connectivity index (χ3v) is 3.28. The Kier molecular flexibility index (Phi) is 5.51. The Morgan fingerprint density at radius 1 is 1.50 bits per heavy atom. The molecule has 1 aliphatic rings. The Labute approximate surface area is 112 Å². The molecule has 0 atom stereocenters. The Bertz CT molecular complexity index is 396. The lowest BCUT2D eigenvalue weighted by Crippen LogP contribution is -2.31. The van der Waals surface area contributed by atoms with Gasteiger partial charge in [0.2, 0.25) is 11.8 Å². The van der Waals surface area contributed by atoms with Crippen molar-refractivity contribution >= 4 is 23.6 Å². The molecule has 0 radical (unpaired) electrons. The molecule has 0 spiro atoms. The van der Waals surface area contributed by atoms with E-state index < -0.39 is 0 Å². The molecule has 0 saturated carbocycles. The lowest BCUT2D eigenvalue weighted by atomic mass is 10.3. The van der Waals surface area contributed by atoms with Gasteiger partial charge in [-0.1, -0.05) is 17.5 Å². The molecule has 1 aliphatic heterocycles. The molecule has 5 heteroatoms. The molecule has 0 bridgehead atoms. The first kappa shape index (κ1) is 14.9. The molecule has 18 heavy (non-hydrogen) atoms. The first-order chi connectivity index (χ1) is 8.41. The van der Waals surface area contributed by atoms with Crippen LogP contribution < -0.4 is 5.32 Å². The third kappa shape index (κ3) is 4.24. The highest BCUT2D eigenvalue weighted by Crippen LogP contribution is 2.29. The maximum atomic E-state index is 11.6. The number of carbonyl (C=O) groups excluding carboxylic acids is 2. The van der Waals surface area contributed by atoms with Crippen molar-refractivity contribution in [2.24, 2.45) is 0 Å². The smallest absolute Gasteiger partial charge is 0.238 e. The number of amides is 2. The van der Waals surface area contributed by atoms with Gasteiger partial charge < -0.3 is 5.32 Å². The normalized spacial score (nSPS) is 15.3. The van der Waals surface area contributed by atoms with Crippen LogP contribution in [0.1, 0.15) is 34.1 Å². The van der Waals surface area contributed by atoms with Gasteiger partial charge in [-0.25, -0.2) is 0 Å². The topological polar surface area (TPSA) is 49.4 Å². The van der Waals surface area contributed by atoms with Gasteiger partial charge in [0.05, 0.1) is 12.2 Å². The predicted octanol–water partition coefficient (Wildman–Crippen LogP) is 1.88. The number of hydrogen-bond donors (Lipinski definition) is 1. The largest absolute Gasteiger partial charge is 0.354 e. The molecule has 0 aromatic heterocycles. The second kappa shape index (κ2) is 6.66. The van der Waals surface area contributed by atoms with E-state index in [9.17, 15) is 9.59 Å². The van der Waals surface area contributed by atoms with Crippen molar-refractivity contribution in [1.82, 2.24) is 10.2 Å². The van der Waals surface area contributed by atoms with E-state index >= 15 is 0 Å². The molecule has 0 aromatic rings. The molecule has 0 aromatic carbocycles. The van der Waals surface area contributed by atoms with Gasteiger partial charge in [0.25, 0.3) is 0 Å². The second-order valence-corrected chi connectivity index (χ2v) is 5.69. The molecular weight excluding hydrogens is 248 g/mol. The number of thioether (sulfide) groups is 1. The van der Waals surface area contributed by atoms with Crippen molar-refractivity contribution in [3.63, 3.8) is 0 Å². The van der Waals surface area contributed by atoms with Crippen LogP contribution in [0.15, 0.2) is 16.8 Å². The Morgan fingerprint density at radius 2 is 2.17 bits per heavy atom. The van der Waals surface area contributed by atoms with Gasteiger partial charge >= 0.3 is 0 Å². The number of hydrogen-bond acceptors (Lipinski definition) is 3. The van der Waals surface area contributed by atoms with Crippen LogP contribution in [0, 0.1) is 0 Å². The highest BCUT2D eigenvalue weighted by molar-refractivity contribution is 8.04. The molecular formula is C13H20N2O2S. The van der Waals surface area contributed by atoms with Crippen molar-refractivity contribution in [1.29, 1.82) is 0 Å². The summed E-state index contributed by atoms with van der Waals surface area (Å²) in [4.78, 5) is 24.8. The zero-order valence-corrected chi connectivity index (χ0v) is 12.1. The maximum absolute atomic E-state index is 11.6. The van der Waals surface area contributed by atoms with E-state index in [1.807, 2.05) is 27.7 Å². The van der Waals surface area contributed by atoms with Crippen LogP contribution in [0.3, 0.4) is 0 Å². The van der Waals surface area contributed by atoms with Gasteiger partial charge in [-0.3, -0.25) is 14.5 Å². The minimum absolute atomic E-state index is 0.0245. The summed E-state index contributed by atoms with van der Waals surface area (Å²) in [5.74, 6) is 0.549. The number of nitrogens with one attached hydrogen (secondary N) is 1. The second-order valence-electron chi connectivity index (χ2n) is 4.73. The zero-order chi connectivity index (χ0) is 13.7. The van der Waals surface area contributed by atoms with Crippen molar-refractivity contribution in [2.45, 2.75) is 46.2 Å². The van der Waals surface area contributed by atoms with Gasteiger partial charge in [0, 0.05) is 12.1 Å². The number of rotatable bonds is 4. The van der Waals surface area contributed by atoms with E-state index in [0.29, 0.717) is 12.2 Å². The summed E-state index contributed by atoms with van der Waals surface area (Å²) in [7, 11) is 0. The summed E-state index contributed by atoms with van der Waals surface area (Å²) >= 11 is 1.47. The molecule has 1 N–H and O–H groups in total. The summed E-state index contributed by atoms with van der Waals surface area (Å²) < 4.78 is 0. The molecule has 1 heterocycles. The summed E-state index contributed by atoms with van der Waals surface area (Å²) in [6.07, 6.45) is 1.98. The van der Waals surface area contributed by atoms with Crippen LogP contribution in [-0.2, 0) is 9.59 Å². The van der Waals surface area contributed by atoms with Crippen molar-refractivity contribution < 1.29 is 9.59 Å². The first-order valence-electron chi connectivity index (χ1n) is 6.11. The molecule has 100 valence electrons. The van der Waals surface area contributed by atoms with E-state index in [1.54, 1.807) is 11.0 Å². The number of nitrogens with zero attached hydrogens (tertiary/aromatic N) is 1. The van der Waals surface area contributed by atoms with Crippen molar-refractivity contribution in [3.05, 3.63) is 16.8 Å². The van der Waals surface area contributed by atoms with Crippen molar-refractivity contribution in [2.75, 3.05) is 5.75 Å². The Morgan fingerprint density at radius 3 is 2.72 bits per heavy atom. The van der Waals surface area contributed by atoms with E-state index in [2.05, 4.69) is 11.0 Å². The van der Waals surface area contributed by atoms with E-state index in [-0.39, 0.29) is 23.9 Å². The van der Waals surface area contributed by atoms with E-state index in [1.165, 1.54) is 11.8 Å². The summed E-state index contributed by atoms with van der Waals surface area (Å²) in [5.41, 5.74) is 3.05. The highest BCUT2D eigenvalue weighted by Gasteiger charge is 2.28. The standard InChI is InChI=1S/C13H20N2O2S/c1-9(2)14-11(16)6-5-7-13-15(10(3)4)12(17)8-18-13/h5,9-10H,6,8H2,1-4H3,(H,14,16). The summed E-state index contributed by atoms with van der Waals surface area (Å²) in [6.45, 7) is 7.78. The predicted molar refractivity (Wildman–Crippen MR) is 73.9 cm³/mol. The van der Waals surface area contributed by atoms with Gasteiger partial charge in [-0.05, 0) is 33.8 Å². The lowest BCUT2D eigenvalue weighted by Gasteiger charge is -2.19. The molecule has 4 nitrogen and oxygen atoms in total. The lowest BCUT2D eigenvalue weighted by molar-refractivity contribution is -0.126. The van der Waals surface area contributed by atoms with Crippen molar-refractivity contribution in [3.8, 4) is 0 Å². The zero-order valence-electron chi connectivity index (χ0n) is 11.3. The average Bonchev–Trinajstić information content (AvgIpc) is 2.58. The van der Waals surface area contributed by atoms with Crippen LogP contribution in [0.5, 0.6) is 0 Å². The fourth-order valence-electron chi connectivity index (χ4n) is 1.63. The van der Waals surface area contributed by atoms with Crippen LogP contribution in [0.25, 0.3) is 0 Å². The monoisotopic (exact) mass is 268 g/mol. The van der Waals surface area contributed by atoms with Crippen LogP contribution in [-0.4, -0.2) is 34.6 Å². The molecule has 1 rings (SSSR count). The average molecular weight is 268 g/mol. The summed E-state index contributed by atoms with van der Waals surface area (Å²) in [5, 5.41) is 3.62. The van der Waals surface area contributed by atoms with Gasteiger partial charge in [-0.15, -0.1) is 0 Å². The quantitative estimate of drug-likeness (QED) is 0.792. The summed E-state index contributed by atoms with van der Waals surface area (Å²) in [6, 6.07) is 0.279.